The van der Waals surface area contributed by atoms with Crippen molar-refractivity contribution < 1.29 is 9.18 Å². The lowest BCUT2D eigenvalue weighted by atomic mass is 9.88. The molecule has 102 valence electrons. The van der Waals surface area contributed by atoms with E-state index in [4.69, 9.17) is 5.73 Å². The minimum absolute atomic E-state index is 0.191. The molecule has 0 unspecified atom stereocenters. The molecule has 0 aromatic heterocycles. The average Bonchev–Trinajstić information content (AvgIpc) is 2.45. The molecule has 0 saturated carbocycles. The maximum absolute atomic E-state index is 13.3. The van der Waals surface area contributed by atoms with E-state index >= 15 is 0 Å². The normalized spacial score (nSPS) is 21.8. The molecule has 1 saturated heterocycles. The summed E-state index contributed by atoms with van der Waals surface area (Å²) in [6.07, 6.45) is 0. The van der Waals surface area contributed by atoms with Crippen LogP contribution in [0.5, 0.6) is 0 Å². The molecule has 1 aliphatic rings. The lowest BCUT2D eigenvalue weighted by Crippen LogP contribution is -2.63. The molecule has 1 amide bonds. The molecule has 0 bridgehead atoms. The highest BCUT2D eigenvalue weighted by Crippen LogP contribution is 2.38. The summed E-state index contributed by atoms with van der Waals surface area (Å²) < 4.78 is 14.3. The summed E-state index contributed by atoms with van der Waals surface area (Å²) in [7, 11) is 0. The van der Waals surface area contributed by atoms with Crippen LogP contribution in [-0.4, -0.2) is 11.9 Å². The Morgan fingerprint density at radius 3 is 2.50 bits per heavy atom. The van der Waals surface area contributed by atoms with Crippen LogP contribution < -0.4 is 10.6 Å². The zero-order chi connectivity index (χ0) is 14.3. The fourth-order valence-electron chi connectivity index (χ4n) is 2.44. The molecule has 1 fully saturated rings. The summed E-state index contributed by atoms with van der Waals surface area (Å²) >= 11 is 3.37. The number of amides is 1. The molecule has 2 aromatic carbocycles. The molecule has 0 spiro atoms. The van der Waals surface area contributed by atoms with Gasteiger partial charge in [0.05, 0.1) is 6.04 Å². The molecule has 1 heterocycles. The Morgan fingerprint density at radius 2 is 1.85 bits per heavy atom. The van der Waals surface area contributed by atoms with Gasteiger partial charge in [-0.15, -0.1) is 0 Å². The number of carbonyl (C=O) groups is 1. The molecule has 2 atom stereocenters. The topological polar surface area (TPSA) is 46.3 Å². The van der Waals surface area contributed by atoms with Crippen molar-refractivity contribution in [3.63, 3.8) is 0 Å². The van der Waals surface area contributed by atoms with E-state index in [-0.39, 0.29) is 17.8 Å². The van der Waals surface area contributed by atoms with Crippen LogP contribution in [0.1, 0.15) is 11.6 Å². The van der Waals surface area contributed by atoms with Crippen LogP contribution in [0, 0.1) is 5.82 Å². The number of nitrogens with two attached hydrogens (primary N) is 1. The van der Waals surface area contributed by atoms with Gasteiger partial charge in [0.2, 0.25) is 5.91 Å². The molecule has 0 aliphatic carbocycles. The second-order valence-corrected chi connectivity index (χ2v) is 5.63. The lowest BCUT2D eigenvalue weighted by molar-refractivity contribution is -0.126. The van der Waals surface area contributed by atoms with Crippen LogP contribution in [0.25, 0.3) is 0 Å². The molecule has 0 radical (unpaired) electrons. The highest BCUT2D eigenvalue weighted by molar-refractivity contribution is 9.10. The number of anilines is 1. The van der Waals surface area contributed by atoms with E-state index in [1.807, 2.05) is 24.3 Å². The molecule has 3 rings (SSSR count). The van der Waals surface area contributed by atoms with Crippen molar-refractivity contribution >= 4 is 27.5 Å². The van der Waals surface area contributed by atoms with Gasteiger partial charge in [-0.2, -0.15) is 0 Å². The van der Waals surface area contributed by atoms with Gasteiger partial charge in [-0.05, 0) is 35.9 Å². The number of nitrogens with zero attached hydrogens (tertiary/aromatic N) is 1. The Balaban J connectivity index is 1.97. The fraction of sp³-hybridized carbons (Fsp3) is 0.133. The minimum atomic E-state index is -0.584. The molecule has 5 heteroatoms. The first-order valence-corrected chi connectivity index (χ1v) is 6.97. The van der Waals surface area contributed by atoms with E-state index in [1.54, 1.807) is 12.1 Å². The highest BCUT2D eigenvalue weighted by atomic mass is 79.9. The van der Waals surface area contributed by atoms with Gasteiger partial charge >= 0.3 is 0 Å². The summed E-state index contributed by atoms with van der Waals surface area (Å²) in [4.78, 5) is 13.5. The average molecular weight is 335 g/mol. The predicted molar refractivity (Wildman–Crippen MR) is 78.7 cm³/mol. The fourth-order valence-corrected chi connectivity index (χ4v) is 2.71. The standard InChI is InChI=1S/C15H12BrFN2O/c16-10-6-4-9(5-7-10)14-13(18)15(20)19(14)12-3-1-2-11(17)8-12/h1-8,13-14H,18H2/t13-,14-/m1/s1. The number of hydrogen-bond donors (Lipinski definition) is 1. The van der Waals surface area contributed by atoms with Crippen molar-refractivity contribution in [1.29, 1.82) is 0 Å². The summed E-state index contributed by atoms with van der Waals surface area (Å²) in [5.74, 6) is -0.561. The van der Waals surface area contributed by atoms with Gasteiger partial charge in [-0.1, -0.05) is 34.1 Å². The third kappa shape index (κ3) is 2.13. The van der Waals surface area contributed by atoms with Gasteiger partial charge < -0.3 is 10.6 Å². The first-order valence-electron chi connectivity index (χ1n) is 6.17. The Bertz CT molecular complexity index is 659. The predicted octanol–water partition coefficient (Wildman–Crippen LogP) is 3.00. The minimum Gasteiger partial charge on any atom is -0.318 e. The van der Waals surface area contributed by atoms with E-state index in [1.165, 1.54) is 17.0 Å². The Morgan fingerprint density at radius 1 is 1.15 bits per heavy atom. The number of β-lactam (4-membered cyclic amide) rings is 1. The zero-order valence-corrected chi connectivity index (χ0v) is 12.0. The van der Waals surface area contributed by atoms with Crippen molar-refractivity contribution in [2.75, 3.05) is 4.90 Å². The number of carbonyl (C=O) groups excluding carboxylic acids is 1. The Labute approximate surface area is 124 Å². The summed E-state index contributed by atoms with van der Waals surface area (Å²) in [6, 6.07) is 12.8. The SMILES string of the molecule is N[C@H]1C(=O)N(c2cccc(F)c2)[C@@H]1c1ccc(Br)cc1. The van der Waals surface area contributed by atoms with Gasteiger partial charge in [0.25, 0.3) is 0 Å². The van der Waals surface area contributed by atoms with Gasteiger partial charge in [0, 0.05) is 10.2 Å². The first-order chi connectivity index (χ1) is 9.58. The van der Waals surface area contributed by atoms with Gasteiger partial charge in [0.15, 0.2) is 0 Å². The molecule has 2 aromatic rings. The highest BCUT2D eigenvalue weighted by Gasteiger charge is 2.46. The Kier molecular flexibility index (Phi) is 3.31. The quantitative estimate of drug-likeness (QED) is 0.858. The summed E-state index contributed by atoms with van der Waals surface area (Å²) in [5.41, 5.74) is 7.37. The van der Waals surface area contributed by atoms with E-state index in [0.29, 0.717) is 5.69 Å². The molecule has 1 aliphatic heterocycles. The number of halogens is 2. The van der Waals surface area contributed by atoms with Crippen molar-refractivity contribution in [2.45, 2.75) is 12.1 Å². The second-order valence-electron chi connectivity index (χ2n) is 4.71. The van der Waals surface area contributed by atoms with E-state index in [2.05, 4.69) is 15.9 Å². The van der Waals surface area contributed by atoms with E-state index < -0.39 is 6.04 Å². The van der Waals surface area contributed by atoms with Crippen LogP contribution in [0.15, 0.2) is 53.0 Å². The third-order valence-corrected chi connectivity index (χ3v) is 3.97. The number of hydrogen-bond acceptors (Lipinski definition) is 2. The molecule has 2 N–H and O–H groups in total. The molecular weight excluding hydrogens is 323 g/mol. The number of rotatable bonds is 2. The summed E-state index contributed by atoms with van der Waals surface area (Å²) in [6.45, 7) is 0. The summed E-state index contributed by atoms with van der Waals surface area (Å²) in [5, 5.41) is 0. The zero-order valence-electron chi connectivity index (χ0n) is 10.5. The van der Waals surface area contributed by atoms with Crippen LogP contribution in [-0.2, 0) is 4.79 Å². The van der Waals surface area contributed by atoms with Crippen LogP contribution >= 0.6 is 15.9 Å². The Hall–Kier alpha value is -1.72. The second kappa shape index (κ2) is 5.00. The monoisotopic (exact) mass is 334 g/mol. The smallest absolute Gasteiger partial charge is 0.247 e. The van der Waals surface area contributed by atoms with Crippen LogP contribution in [0.3, 0.4) is 0 Å². The third-order valence-electron chi connectivity index (χ3n) is 3.44. The van der Waals surface area contributed by atoms with Gasteiger partial charge in [-0.3, -0.25) is 4.79 Å². The largest absolute Gasteiger partial charge is 0.318 e. The number of benzene rings is 2. The maximum atomic E-state index is 13.3. The van der Waals surface area contributed by atoms with Crippen molar-refractivity contribution in [3.8, 4) is 0 Å². The van der Waals surface area contributed by atoms with Gasteiger partial charge in [-0.25, -0.2) is 4.39 Å². The molecular formula is C15H12BrFN2O. The molecule has 3 nitrogen and oxygen atoms in total. The van der Waals surface area contributed by atoms with Crippen molar-refractivity contribution in [3.05, 3.63) is 64.4 Å². The first kappa shape index (κ1) is 13.3. The molecule has 20 heavy (non-hydrogen) atoms. The van der Waals surface area contributed by atoms with Crippen LogP contribution in [0.2, 0.25) is 0 Å². The van der Waals surface area contributed by atoms with Crippen molar-refractivity contribution in [1.82, 2.24) is 0 Å². The van der Waals surface area contributed by atoms with Crippen molar-refractivity contribution in [2.24, 2.45) is 5.73 Å². The maximum Gasteiger partial charge on any atom is 0.247 e. The lowest BCUT2D eigenvalue weighted by Gasteiger charge is -2.45. The van der Waals surface area contributed by atoms with E-state index in [9.17, 15) is 9.18 Å². The van der Waals surface area contributed by atoms with Crippen LogP contribution in [0.4, 0.5) is 10.1 Å². The van der Waals surface area contributed by atoms with Gasteiger partial charge in [0.1, 0.15) is 11.9 Å². The van der Waals surface area contributed by atoms with E-state index in [0.717, 1.165) is 10.0 Å².